The number of nitrogens with zero attached hydrogens (tertiary/aromatic N) is 2. The van der Waals surface area contributed by atoms with Gasteiger partial charge >= 0.3 is 0 Å². The molecule has 0 aliphatic rings. The van der Waals surface area contributed by atoms with E-state index in [9.17, 15) is 4.39 Å². The summed E-state index contributed by atoms with van der Waals surface area (Å²) in [6, 6.07) is 12.1. The number of aliphatic hydroxyl groups excluding tert-OH is 1. The monoisotopic (exact) mass is 370 g/mol. The Hall–Kier alpha value is -2.70. The number of ether oxygens (including phenoxy) is 2. The second kappa shape index (κ2) is 8.79. The molecule has 0 aliphatic carbocycles. The molecule has 1 aromatic heterocycles. The number of methoxy groups -OCH3 is 1. The van der Waals surface area contributed by atoms with Crippen molar-refractivity contribution < 1.29 is 19.0 Å². The van der Waals surface area contributed by atoms with Crippen molar-refractivity contribution in [3.63, 3.8) is 0 Å². The number of halogens is 1. The van der Waals surface area contributed by atoms with Gasteiger partial charge in [0.2, 0.25) is 0 Å². The lowest BCUT2D eigenvalue weighted by Gasteiger charge is -2.17. The molecule has 0 saturated carbocycles. The van der Waals surface area contributed by atoms with Crippen LogP contribution in [0.15, 0.2) is 48.7 Å². The molecule has 0 amide bonds. The number of aliphatic hydroxyl groups is 1. The van der Waals surface area contributed by atoms with Crippen LogP contribution < -0.4 is 9.47 Å². The second-order valence-corrected chi connectivity index (χ2v) is 6.31. The maximum atomic E-state index is 13.5. The number of likely N-dealkylation sites (N-methyl/N-ethyl adjacent to an activating group) is 1. The molecule has 0 bridgehead atoms. The minimum Gasteiger partial charge on any atom is -0.493 e. The maximum absolute atomic E-state index is 13.5. The minimum atomic E-state index is -0.278. The Balaban J connectivity index is 1.84. The van der Waals surface area contributed by atoms with Crippen LogP contribution in [0.4, 0.5) is 4.39 Å². The fourth-order valence-corrected chi connectivity index (χ4v) is 2.83. The van der Waals surface area contributed by atoms with Crippen LogP contribution in [0.3, 0.4) is 0 Å². The van der Waals surface area contributed by atoms with Crippen molar-refractivity contribution in [2.45, 2.75) is 0 Å². The first-order valence-electron chi connectivity index (χ1n) is 8.76. The predicted molar refractivity (Wildman–Crippen MR) is 104 cm³/mol. The molecule has 1 N–H and O–H groups in total. The number of hydrogen-bond acceptors (Lipinski definition) is 5. The van der Waals surface area contributed by atoms with Gasteiger partial charge in [0.1, 0.15) is 12.4 Å². The molecule has 2 aromatic carbocycles. The van der Waals surface area contributed by atoms with Gasteiger partial charge in [-0.1, -0.05) is 12.1 Å². The van der Waals surface area contributed by atoms with Crippen LogP contribution in [0.5, 0.6) is 11.5 Å². The lowest BCUT2D eigenvalue weighted by atomic mass is 10.1. The molecule has 1 heterocycles. The molecule has 0 spiro atoms. The minimum absolute atomic E-state index is 0.118. The third kappa shape index (κ3) is 4.72. The summed E-state index contributed by atoms with van der Waals surface area (Å²) in [7, 11) is 3.52. The third-order valence-corrected chi connectivity index (χ3v) is 4.34. The van der Waals surface area contributed by atoms with Gasteiger partial charge < -0.3 is 19.5 Å². The van der Waals surface area contributed by atoms with E-state index in [1.807, 2.05) is 36.2 Å². The van der Waals surface area contributed by atoms with E-state index in [4.69, 9.17) is 14.6 Å². The summed E-state index contributed by atoms with van der Waals surface area (Å²) < 4.78 is 24.8. The normalized spacial score (nSPS) is 11.1. The molecular formula is C21H23FN2O3. The summed E-state index contributed by atoms with van der Waals surface area (Å²) in [5, 5.41) is 9.83. The highest BCUT2D eigenvalue weighted by atomic mass is 19.1. The first-order valence-corrected chi connectivity index (χ1v) is 8.76. The van der Waals surface area contributed by atoms with Gasteiger partial charge in [0.05, 0.1) is 19.2 Å². The lowest BCUT2D eigenvalue weighted by Crippen LogP contribution is -2.27. The zero-order valence-electron chi connectivity index (χ0n) is 15.5. The van der Waals surface area contributed by atoms with E-state index in [0.29, 0.717) is 31.2 Å². The van der Waals surface area contributed by atoms with Crippen LogP contribution in [0, 0.1) is 5.82 Å². The highest BCUT2D eigenvalue weighted by molar-refractivity contribution is 5.86. The zero-order valence-corrected chi connectivity index (χ0v) is 15.5. The molecule has 0 radical (unpaired) electrons. The Labute approximate surface area is 158 Å². The van der Waals surface area contributed by atoms with Gasteiger partial charge in [-0.15, -0.1) is 0 Å². The Kier molecular flexibility index (Phi) is 6.21. The molecular weight excluding hydrogens is 347 g/mol. The van der Waals surface area contributed by atoms with E-state index < -0.39 is 0 Å². The molecule has 142 valence electrons. The first kappa shape index (κ1) is 19.1. The van der Waals surface area contributed by atoms with Crippen LogP contribution >= 0.6 is 0 Å². The molecule has 0 unspecified atom stereocenters. The van der Waals surface area contributed by atoms with Crippen LogP contribution in [0.2, 0.25) is 0 Å². The highest BCUT2D eigenvalue weighted by Gasteiger charge is 2.10. The number of rotatable bonds is 8. The fraction of sp³-hybridized carbons (Fsp3) is 0.286. The number of pyridine rings is 1. The van der Waals surface area contributed by atoms with E-state index in [1.54, 1.807) is 19.4 Å². The predicted octanol–water partition coefficient (Wildman–Crippen LogP) is 3.35. The van der Waals surface area contributed by atoms with Crippen LogP contribution in [0.1, 0.15) is 0 Å². The van der Waals surface area contributed by atoms with Gasteiger partial charge in [0.25, 0.3) is 0 Å². The zero-order chi connectivity index (χ0) is 19.2. The van der Waals surface area contributed by atoms with Gasteiger partial charge in [-0.05, 0) is 36.9 Å². The van der Waals surface area contributed by atoms with Crippen molar-refractivity contribution in [2.75, 3.05) is 40.5 Å². The largest absolute Gasteiger partial charge is 0.493 e. The average Bonchev–Trinajstić information content (AvgIpc) is 2.67. The smallest absolute Gasteiger partial charge is 0.163 e. The third-order valence-electron chi connectivity index (χ3n) is 4.34. The van der Waals surface area contributed by atoms with E-state index in [2.05, 4.69) is 4.98 Å². The summed E-state index contributed by atoms with van der Waals surface area (Å²) >= 11 is 0. The van der Waals surface area contributed by atoms with E-state index in [0.717, 1.165) is 22.0 Å². The van der Waals surface area contributed by atoms with Crippen LogP contribution in [-0.4, -0.2) is 55.5 Å². The maximum Gasteiger partial charge on any atom is 0.163 e. The topological polar surface area (TPSA) is 54.8 Å². The molecule has 5 nitrogen and oxygen atoms in total. The molecule has 0 fully saturated rings. The molecule has 3 aromatic rings. The van der Waals surface area contributed by atoms with E-state index in [1.165, 1.54) is 12.1 Å². The molecule has 6 heteroatoms. The molecule has 0 saturated heterocycles. The van der Waals surface area contributed by atoms with Crippen LogP contribution in [0.25, 0.3) is 22.0 Å². The Morgan fingerprint density at radius 1 is 1.07 bits per heavy atom. The van der Waals surface area contributed by atoms with Gasteiger partial charge in [0, 0.05) is 36.3 Å². The van der Waals surface area contributed by atoms with E-state index in [-0.39, 0.29) is 12.4 Å². The van der Waals surface area contributed by atoms with Crippen molar-refractivity contribution >= 4 is 10.9 Å². The highest BCUT2D eigenvalue weighted by Crippen LogP contribution is 2.33. The summed E-state index contributed by atoms with van der Waals surface area (Å²) in [5.41, 5.74) is 2.38. The number of aromatic nitrogens is 1. The summed E-state index contributed by atoms with van der Waals surface area (Å²) in [6.07, 6.45) is 1.72. The van der Waals surface area contributed by atoms with Gasteiger partial charge in [-0.2, -0.15) is 0 Å². The Bertz CT molecular complexity index is 917. The van der Waals surface area contributed by atoms with Gasteiger partial charge in [-0.3, -0.25) is 4.98 Å². The number of benzene rings is 2. The summed E-state index contributed by atoms with van der Waals surface area (Å²) in [6.45, 7) is 1.88. The Morgan fingerprint density at radius 3 is 2.67 bits per heavy atom. The molecule has 0 aliphatic heterocycles. The van der Waals surface area contributed by atoms with Crippen molar-refractivity contribution in [3.05, 3.63) is 54.5 Å². The summed E-state index contributed by atoms with van der Waals surface area (Å²) in [5.74, 6) is 0.957. The Morgan fingerprint density at radius 2 is 1.93 bits per heavy atom. The summed E-state index contributed by atoms with van der Waals surface area (Å²) in [4.78, 5) is 6.48. The average molecular weight is 370 g/mol. The molecule has 0 atom stereocenters. The van der Waals surface area contributed by atoms with Crippen LogP contribution in [-0.2, 0) is 0 Å². The SMILES string of the molecule is COc1cc2cc(-c3cccc(F)c3)cnc2cc1OCCN(C)CCO. The number of hydrogen-bond donors (Lipinski definition) is 1. The molecule has 27 heavy (non-hydrogen) atoms. The van der Waals surface area contributed by atoms with Gasteiger partial charge in [0.15, 0.2) is 11.5 Å². The number of fused-ring (bicyclic) bond motifs is 1. The van der Waals surface area contributed by atoms with Crippen molar-refractivity contribution in [3.8, 4) is 22.6 Å². The van der Waals surface area contributed by atoms with Crippen molar-refractivity contribution in [2.24, 2.45) is 0 Å². The standard InChI is InChI=1S/C21H23FN2O3/c1-24(6-8-25)7-9-27-21-13-19-16(12-20(21)26-2)10-17(14-23-19)15-4-3-5-18(22)11-15/h3-5,10-14,25H,6-9H2,1-2H3. The van der Waals surface area contributed by atoms with Crippen molar-refractivity contribution in [1.29, 1.82) is 0 Å². The first-order chi connectivity index (χ1) is 13.1. The van der Waals surface area contributed by atoms with E-state index >= 15 is 0 Å². The lowest BCUT2D eigenvalue weighted by molar-refractivity contribution is 0.190. The quantitative estimate of drug-likeness (QED) is 0.659. The second-order valence-electron chi connectivity index (χ2n) is 6.31. The van der Waals surface area contributed by atoms with Gasteiger partial charge in [-0.25, -0.2) is 4.39 Å². The fourth-order valence-electron chi connectivity index (χ4n) is 2.83. The van der Waals surface area contributed by atoms with Crippen molar-refractivity contribution in [1.82, 2.24) is 9.88 Å². The molecule has 3 rings (SSSR count).